The maximum atomic E-state index is 13.3. The highest BCUT2D eigenvalue weighted by Gasteiger charge is 2.35. The van der Waals surface area contributed by atoms with Crippen molar-refractivity contribution in [1.29, 1.82) is 0 Å². The lowest BCUT2D eigenvalue weighted by atomic mass is 10.1. The first kappa shape index (κ1) is 15.3. The third-order valence-electron chi connectivity index (χ3n) is 3.79. The molecule has 1 fully saturated rings. The molecule has 2 aromatic rings. The Balaban J connectivity index is 2.20. The predicted molar refractivity (Wildman–Crippen MR) is 79.3 cm³/mol. The minimum atomic E-state index is -4.46. The van der Waals surface area contributed by atoms with Gasteiger partial charge in [0.05, 0.1) is 16.5 Å². The number of nitrogens with zero attached hydrogens (tertiary/aromatic N) is 4. The van der Waals surface area contributed by atoms with Gasteiger partial charge in [0.25, 0.3) is 0 Å². The van der Waals surface area contributed by atoms with Crippen molar-refractivity contribution in [3.05, 3.63) is 29.0 Å². The fraction of sp³-hybridized carbons (Fsp3) is 0.429. The van der Waals surface area contributed by atoms with Gasteiger partial charge < -0.3 is 9.80 Å². The molecule has 22 heavy (non-hydrogen) atoms. The zero-order chi connectivity index (χ0) is 15.9. The van der Waals surface area contributed by atoms with E-state index in [1.807, 2.05) is 11.9 Å². The fourth-order valence-corrected chi connectivity index (χ4v) is 2.79. The molecule has 118 valence electrons. The molecule has 3 rings (SSSR count). The number of aromatic nitrogens is 2. The van der Waals surface area contributed by atoms with Crippen LogP contribution in [0.15, 0.2) is 18.2 Å². The minimum absolute atomic E-state index is 0.0175. The third kappa shape index (κ3) is 2.83. The zero-order valence-electron chi connectivity index (χ0n) is 11.9. The second-order valence-corrected chi connectivity index (χ2v) is 5.64. The lowest BCUT2D eigenvalue weighted by Crippen LogP contribution is -2.45. The summed E-state index contributed by atoms with van der Waals surface area (Å²) in [6, 6.07) is 3.92. The topological polar surface area (TPSA) is 32.3 Å². The van der Waals surface area contributed by atoms with Crippen molar-refractivity contribution in [2.24, 2.45) is 0 Å². The van der Waals surface area contributed by atoms with Crippen LogP contribution in [-0.2, 0) is 6.18 Å². The molecule has 0 N–H and O–H groups in total. The van der Waals surface area contributed by atoms with Gasteiger partial charge in [-0.25, -0.2) is 4.98 Å². The van der Waals surface area contributed by atoms with E-state index in [9.17, 15) is 13.2 Å². The largest absolute Gasteiger partial charge is 0.417 e. The SMILES string of the molecule is CN1CCN(c2nc(Cl)nc3cccc(C(F)(F)F)c23)CC1. The highest BCUT2D eigenvalue weighted by atomic mass is 35.5. The van der Waals surface area contributed by atoms with E-state index < -0.39 is 11.7 Å². The highest BCUT2D eigenvalue weighted by molar-refractivity contribution is 6.28. The van der Waals surface area contributed by atoms with Crippen molar-refractivity contribution in [2.75, 3.05) is 38.1 Å². The Morgan fingerprint density at radius 3 is 2.41 bits per heavy atom. The molecule has 8 heteroatoms. The first-order valence-electron chi connectivity index (χ1n) is 6.83. The van der Waals surface area contributed by atoms with Crippen molar-refractivity contribution in [1.82, 2.24) is 14.9 Å². The first-order chi connectivity index (χ1) is 10.4. The number of hydrogen-bond donors (Lipinski definition) is 0. The van der Waals surface area contributed by atoms with Crippen LogP contribution >= 0.6 is 11.6 Å². The average Bonchev–Trinajstić information content (AvgIpc) is 2.45. The minimum Gasteiger partial charge on any atom is -0.353 e. The van der Waals surface area contributed by atoms with Crippen LogP contribution in [0.5, 0.6) is 0 Å². The van der Waals surface area contributed by atoms with Crippen LogP contribution in [0.4, 0.5) is 19.0 Å². The number of benzene rings is 1. The maximum absolute atomic E-state index is 13.3. The summed E-state index contributed by atoms with van der Waals surface area (Å²) in [5.74, 6) is 0.260. The number of likely N-dealkylation sites (N-methyl/N-ethyl adjacent to an activating group) is 1. The van der Waals surface area contributed by atoms with Crippen molar-refractivity contribution in [3.63, 3.8) is 0 Å². The number of fused-ring (bicyclic) bond motifs is 1. The fourth-order valence-electron chi connectivity index (χ4n) is 2.62. The smallest absolute Gasteiger partial charge is 0.353 e. The van der Waals surface area contributed by atoms with Gasteiger partial charge in [-0.15, -0.1) is 0 Å². The summed E-state index contributed by atoms with van der Waals surface area (Å²) >= 11 is 5.90. The average molecular weight is 331 g/mol. The molecule has 4 nitrogen and oxygen atoms in total. The number of hydrogen-bond acceptors (Lipinski definition) is 4. The van der Waals surface area contributed by atoms with Crippen LogP contribution in [0.2, 0.25) is 5.28 Å². The van der Waals surface area contributed by atoms with E-state index >= 15 is 0 Å². The van der Waals surface area contributed by atoms with Crippen molar-refractivity contribution in [2.45, 2.75) is 6.18 Å². The van der Waals surface area contributed by atoms with Gasteiger partial charge in [0.1, 0.15) is 5.82 Å². The van der Waals surface area contributed by atoms with Crippen LogP contribution in [0.25, 0.3) is 10.9 Å². The van der Waals surface area contributed by atoms with Gasteiger partial charge in [-0.1, -0.05) is 6.07 Å². The standard InChI is InChI=1S/C14H14ClF3N4/c1-21-5-7-22(8-6-21)12-11-9(14(16,17)18)3-2-4-10(11)19-13(15)20-12/h2-4H,5-8H2,1H3. The first-order valence-corrected chi connectivity index (χ1v) is 7.21. The molecule has 0 saturated carbocycles. The van der Waals surface area contributed by atoms with E-state index in [1.54, 1.807) is 0 Å². The summed E-state index contributed by atoms with van der Waals surface area (Å²) < 4.78 is 39.9. The molecule has 0 amide bonds. The maximum Gasteiger partial charge on any atom is 0.417 e. The number of rotatable bonds is 1. The van der Waals surface area contributed by atoms with Gasteiger partial charge in [0.15, 0.2) is 0 Å². The molecule has 0 unspecified atom stereocenters. The molecule has 1 aromatic heterocycles. The molecule has 0 bridgehead atoms. The monoisotopic (exact) mass is 330 g/mol. The Morgan fingerprint density at radius 2 is 1.77 bits per heavy atom. The molecular formula is C14H14ClF3N4. The van der Waals surface area contributed by atoms with Crippen LogP contribution < -0.4 is 4.90 Å². The van der Waals surface area contributed by atoms with Gasteiger partial charge >= 0.3 is 6.18 Å². The molecule has 1 saturated heterocycles. The van der Waals surface area contributed by atoms with E-state index in [1.165, 1.54) is 12.1 Å². The second kappa shape index (κ2) is 5.55. The summed E-state index contributed by atoms with van der Waals surface area (Å²) in [6.45, 7) is 2.73. The molecule has 1 aromatic carbocycles. The molecule has 0 aliphatic carbocycles. The van der Waals surface area contributed by atoms with Gasteiger partial charge in [-0.05, 0) is 30.8 Å². The Morgan fingerprint density at radius 1 is 1.09 bits per heavy atom. The Bertz CT molecular complexity index is 696. The summed E-state index contributed by atoms with van der Waals surface area (Å²) in [6.07, 6.45) is -4.46. The van der Waals surface area contributed by atoms with E-state index in [0.717, 1.165) is 19.2 Å². The quantitative estimate of drug-likeness (QED) is 0.752. The Labute approximate surface area is 130 Å². The number of anilines is 1. The van der Waals surface area contributed by atoms with Crippen molar-refractivity contribution >= 4 is 28.3 Å². The predicted octanol–water partition coefficient (Wildman–Crippen LogP) is 3.05. The summed E-state index contributed by atoms with van der Waals surface area (Å²) in [5, 5.41) is -0.0234. The van der Waals surface area contributed by atoms with E-state index in [2.05, 4.69) is 14.9 Å². The van der Waals surface area contributed by atoms with Gasteiger partial charge in [-0.3, -0.25) is 0 Å². The second-order valence-electron chi connectivity index (χ2n) is 5.30. The number of alkyl halides is 3. The molecule has 1 aliphatic rings. The van der Waals surface area contributed by atoms with Gasteiger partial charge in [-0.2, -0.15) is 18.2 Å². The van der Waals surface area contributed by atoms with Gasteiger partial charge in [0.2, 0.25) is 5.28 Å². The van der Waals surface area contributed by atoms with E-state index in [0.29, 0.717) is 13.1 Å². The lowest BCUT2D eigenvalue weighted by molar-refractivity contribution is -0.136. The summed E-state index contributed by atoms with van der Waals surface area (Å²) in [7, 11) is 1.98. The van der Waals surface area contributed by atoms with Crippen LogP contribution in [0, 0.1) is 0 Å². The van der Waals surface area contributed by atoms with Crippen LogP contribution in [-0.4, -0.2) is 48.1 Å². The Hall–Kier alpha value is -1.60. The molecule has 0 spiro atoms. The molecule has 0 atom stereocenters. The number of halogens is 4. The van der Waals surface area contributed by atoms with Crippen molar-refractivity contribution < 1.29 is 13.2 Å². The van der Waals surface area contributed by atoms with E-state index in [4.69, 9.17) is 11.6 Å². The summed E-state index contributed by atoms with van der Waals surface area (Å²) in [5.41, 5.74) is -0.514. The van der Waals surface area contributed by atoms with Crippen LogP contribution in [0.1, 0.15) is 5.56 Å². The molecule has 0 radical (unpaired) electrons. The molecule has 1 aliphatic heterocycles. The Kier molecular flexibility index (Phi) is 3.86. The lowest BCUT2D eigenvalue weighted by Gasteiger charge is -2.34. The normalized spacial score (nSPS) is 17.2. The third-order valence-corrected chi connectivity index (χ3v) is 3.95. The highest BCUT2D eigenvalue weighted by Crippen LogP contribution is 2.38. The summed E-state index contributed by atoms with van der Waals surface area (Å²) in [4.78, 5) is 12.0. The molecular weight excluding hydrogens is 317 g/mol. The van der Waals surface area contributed by atoms with E-state index in [-0.39, 0.29) is 22.0 Å². The molecule has 2 heterocycles. The van der Waals surface area contributed by atoms with Crippen LogP contribution in [0.3, 0.4) is 0 Å². The number of piperazine rings is 1. The van der Waals surface area contributed by atoms with Gasteiger partial charge in [0, 0.05) is 26.2 Å². The van der Waals surface area contributed by atoms with Crippen molar-refractivity contribution in [3.8, 4) is 0 Å². The zero-order valence-corrected chi connectivity index (χ0v) is 12.6.